The van der Waals surface area contributed by atoms with Crippen LogP contribution in [0, 0.1) is 11.3 Å². The van der Waals surface area contributed by atoms with Gasteiger partial charge in [-0.3, -0.25) is 0 Å². The molecule has 0 amide bonds. The molecule has 0 N–H and O–H groups in total. The van der Waals surface area contributed by atoms with Gasteiger partial charge in [0.1, 0.15) is 6.29 Å². The van der Waals surface area contributed by atoms with Crippen LogP contribution in [-0.2, 0) is 4.79 Å². The van der Waals surface area contributed by atoms with Crippen molar-refractivity contribution >= 4 is 6.29 Å². The van der Waals surface area contributed by atoms with Gasteiger partial charge in [-0.15, -0.1) is 0 Å². The van der Waals surface area contributed by atoms with E-state index >= 15 is 0 Å². The molecule has 1 saturated heterocycles. The van der Waals surface area contributed by atoms with Gasteiger partial charge in [0.2, 0.25) is 0 Å². The van der Waals surface area contributed by atoms with Crippen molar-refractivity contribution in [3.05, 3.63) is 0 Å². The van der Waals surface area contributed by atoms with E-state index in [4.69, 9.17) is 0 Å². The Morgan fingerprint density at radius 1 is 1.57 bits per heavy atom. The third kappa shape index (κ3) is 3.09. The number of rotatable bonds is 4. The Bertz CT molecular complexity index is 193. The fraction of sp³-hybridized carbons (Fsp3) is 0.917. The summed E-state index contributed by atoms with van der Waals surface area (Å²) in [6, 6.07) is 0. The molecule has 0 aromatic heterocycles. The first kappa shape index (κ1) is 11.7. The monoisotopic (exact) mass is 197 g/mol. The molecule has 0 aromatic carbocycles. The van der Waals surface area contributed by atoms with Crippen LogP contribution in [0.2, 0.25) is 0 Å². The van der Waals surface area contributed by atoms with Crippen LogP contribution in [0.15, 0.2) is 0 Å². The van der Waals surface area contributed by atoms with E-state index in [9.17, 15) is 4.79 Å². The zero-order chi connectivity index (χ0) is 10.6. The van der Waals surface area contributed by atoms with Crippen LogP contribution in [0.4, 0.5) is 0 Å². The van der Waals surface area contributed by atoms with E-state index in [0.717, 1.165) is 25.2 Å². The van der Waals surface area contributed by atoms with Crippen LogP contribution in [0.3, 0.4) is 0 Å². The first-order chi connectivity index (χ1) is 6.59. The van der Waals surface area contributed by atoms with Crippen molar-refractivity contribution in [1.29, 1.82) is 0 Å². The van der Waals surface area contributed by atoms with E-state index in [1.807, 2.05) is 0 Å². The molecule has 1 heterocycles. The average Bonchev–Trinajstić information content (AvgIpc) is 2.18. The summed E-state index contributed by atoms with van der Waals surface area (Å²) in [6.45, 7) is 9.76. The summed E-state index contributed by atoms with van der Waals surface area (Å²) in [5.41, 5.74) is -0.128. The van der Waals surface area contributed by atoms with E-state index in [2.05, 4.69) is 25.7 Å². The lowest BCUT2D eigenvalue weighted by Gasteiger charge is -2.35. The highest BCUT2D eigenvalue weighted by Gasteiger charge is 2.26. The van der Waals surface area contributed by atoms with Gasteiger partial charge in [-0.05, 0) is 31.7 Å². The Morgan fingerprint density at radius 2 is 2.29 bits per heavy atom. The van der Waals surface area contributed by atoms with E-state index in [-0.39, 0.29) is 5.41 Å². The normalized spacial score (nSPS) is 28.4. The van der Waals surface area contributed by atoms with Gasteiger partial charge in [0, 0.05) is 18.5 Å². The molecule has 0 saturated carbocycles. The number of carbonyl (C=O) groups is 1. The van der Waals surface area contributed by atoms with Crippen LogP contribution in [0.25, 0.3) is 0 Å². The minimum absolute atomic E-state index is 0.128. The molecule has 1 aliphatic rings. The average molecular weight is 197 g/mol. The largest absolute Gasteiger partial charge is 0.303 e. The van der Waals surface area contributed by atoms with Gasteiger partial charge in [0.25, 0.3) is 0 Å². The Kier molecular flexibility index (Phi) is 4.11. The van der Waals surface area contributed by atoms with E-state index in [1.54, 1.807) is 0 Å². The molecule has 0 bridgehead atoms. The van der Waals surface area contributed by atoms with Gasteiger partial charge in [0.15, 0.2) is 0 Å². The molecule has 1 fully saturated rings. The topological polar surface area (TPSA) is 20.3 Å². The van der Waals surface area contributed by atoms with Gasteiger partial charge in [-0.25, -0.2) is 0 Å². The second kappa shape index (κ2) is 4.92. The van der Waals surface area contributed by atoms with Crippen molar-refractivity contribution in [3.8, 4) is 0 Å². The molecular formula is C12H23NO. The van der Waals surface area contributed by atoms with Crippen molar-refractivity contribution in [2.24, 2.45) is 11.3 Å². The molecule has 2 nitrogen and oxygen atoms in total. The third-order valence-electron chi connectivity index (χ3n) is 3.42. The summed E-state index contributed by atoms with van der Waals surface area (Å²) in [5.74, 6) is 0.802. The molecule has 82 valence electrons. The van der Waals surface area contributed by atoms with Gasteiger partial charge in [0.05, 0.1) is 0 Å². The summed E-state index contributed by atoms with van der Waals surface area (Å²) < 4.78 is 0. The standard InChI is InChI=1S/C12H23NO/c1-4-12(3,10-14)9-13-7-5-6-11(2)8-13/h10-11H,4-9H2,1-3H3. The molecule has 14 heavy (non-hydrogen) atoms. The molecule has 1 aliphatic heterocycles. The molecule has 0 aromatic rings. The molecular weight excluding hydrogens is 174 g/mol. The first-order valence-corrected chi connectivity index (χ1v) is 5.78. The number of hydrogen-bond donors (Lipinski definition) is 0. The summed E-state index contributed by atoms with van der Waals surface area (Å²) in [7, 11) is 0. The fourth-order valence-electron chi connectivity index (χ4n) is 2.17. The van der Waals surface area contributed by atoms with Gasteiger partial charge < -0.3 is 9.69 Å². The van der Waals surface area contributed by atoms with Crippen molar-refractivity contribution in [2.45, 2.75) is 40.0 Å². The minimum Gasteiger partial charge on any atom is -0.303 e. The minimum atomic E-state index is -0.128. The molecule has 0 aliphatic carbocycles. The summed E-state index contributed by atoms with van der Waals surface area (Å²) >= 11 is 0. The quantitative estimate of drug-likeness (QED) is 0.645. The zero-order valence-electron chi connectivity index (χ0n) is 9.75. The maximum absolute atomic E-state index is 11.0. The fourth-order valence-corrected chi connectivity index (χ4v) is 2.17. The predicted octanol–water partition coefficient (Wildman–Crippen LogP) is 2.33. The Morgan fingerprint density at radius 3 is 2.79 bits per heavy atom. The molecule has 2 unspecified atom stereocenters. The second-order valence-electron chi connectivity index (χ2n) is 5.11. The van der Waals surface area contributed by atoms with Crippen LogP contribution in [0.5, 0.6) is 0 Å². The third-order valence-corrected chi connectivity index (χ3v) is 3.42. The van der Waals surface area contributed by atoms with Gasteiger partial charge in [-0.1, -0.05) is 20.8 Å². The van der Waals surface area contributed by atoms with Crippen molar-refractivity contribution in [1.82, 2.24) is 4.90 Å². The lowest BCUT2D eigenvalue weighted by atomic mass is 9.87. The number of aldehydes is 1. The lowest BCUT2D eigenvalue weighted by molar-refractivity contribution is -0.116. The molecule has 0 radical (unpaired) electrons. The number of nitrogens with zero attached hydrogens (tertiary/aromatic N) is 1. The number of carbonyl (C=O) groups excluding carboxylic acids is 1. The highest BCUT2D eigenvalue weighted by atomic mass is 16.1. The maximum atomic E-state index is 11.0. The Hall–Kier alpha value is -0.370. The Labute approximate surface area is 87.7 Å². The number of likely N-dealkylation sites (tertiary alicyclic amines) is 1. The van der Waals surface area contributed by atoms with Crippen LogP contribution in [0.1, 0.15) is 40.0 Å². The van der Waals surface area contributed by atoms with Gasteiger partial charge in [-0.2, -0.15) is 0 Å². The smallest absolute Gasteiger partial charge is 0.127 e. The highest BCUT2D eigenvalue weighted by Crippen LogP contribution is 2.23. The zero-order valence-corrected chi connectivity index (χ0v) is 9.75. The highest BCUT2D eigenvalue weighted by molar-refractivity contribution is 5.58. The van der Waals surface area contributed by atoms with Crippen LogP contribution >= 0.6 is 0 Å². The number of hydrogen-bond acceptors (Lipinski definition) is 2. The Balaban J connectivity index is 2.45. The number of piperidine rings is 1. The van der Waals surface area contributed by atoms with Crippen LogP contribution < -0.4 is 0 Å². The van der Waals surface area contributed by atoms with Crippen LogP contribution in [-0.4, -0.2) is 30.8 Å². The summed E-state index contributed by atoms with van der Waals surface area (Å²) in [6.07, 6.45) is 4.72. The van der Waals surface area contributed by atoms with E-state index in [1.165, 1.54) is 25.9 Å². The first-order valence-electron chi connectivity index (χ1n) is 5.78. The molecule has 2 atom stereocenters. The van der Waals surface area contributed by atoms with E-state index in [0.29, 0.717) is 0 Å². The van der Waals surface area contributed by atoms with Crippen molar-refractivity contribution in [2.75, 3.05) is 19.6 Å². The van der Waals surface area contributed by atoms with Crippen molar-refractivity contribution < 1.29 is 4.79 Å². The second-order valence-corrected chi connectivity index (χ2v) is 5.11. The lowest BCUT2D eigenvalue weighted by Crippen LogP contribution is -2.42. The molecule has 2 heteroatoms. The summed E-state index contributed by atoms with van der Waals surface area (Å²) in [4.78, 5) is 13.4. The summed E-state index contributed by atoms with van der Waals surface area (Å²) in [5, 5.41) is 0. The van der Waals surface area contributed by atoms with Crippen molar-refractivity contribution in [3.63, 3.8) is 0 Å². The van der Waals surface area contributed by atoms with E-state index < -0.39 is 0 Å². The predicted molar refractivity (Wildman–Crippen MR) is 59.3 cm³/mol. The molecule has 1 rings (SSSR count). The van der Waals surface area contributed by atoms with Gasteiger partial charge >= 0.3 is 0 Å². The SMILES string of the molecule is CCC(C)(C=O)CN1CCCC(C)C1. The maximum Gasteiger partial charge on any atom is 0.127 e. The molecule has 0 spiro atoms.